The van der Waals surface area contributed by atoms with Crippen molar-refractivity contribution < 1.29 is 18.0 Å². The second kappa shape index (κ2) is 13.6. The molecule has 9 heteroatoms. The van der Waals surface area contributed by atoms with Gasteiger partial charge >= 0.3 is 0 Å². The molecule has 1 unspecified atom stereocenters. The highest BCUT2D eigenvalue weighted by Gasteiger charge is 2.33. The maximum atomic E-state index is 14.0. The van der Waals surface area contributed by atoms with Crippen molar-refractivity contribution in [2.45, 2.75) is 39.8 Å². The Hall–Kier alpha value is -3.36. The highest BCUT2D eigenvalue weighted by Crippen LogP contribution is 2.22. The van der Waals surface area contributed by atoms with E-state index in [9.17, 15) is 18.0 Å². The smallest absolute Gasteiger partial charge is 0.244 e. The fourth-order valence-electron chi connectivity index (χ4n) is 4.09. The SMILES string of the molecule is Cc1ccc(CN(C(=O)CN(c2ccc(Cl)cc2)S(C)(=O)=O)C(Cc2ccccc2)C(=O)NCC(C)C)cc1. The lowest BCUT2D eigenvalue weighted by Gasteiger charge is -2.33. The first-order chi connectivity index (χ1) is 18.4. The fourth-order valence-corrected chi connectivity index (χ4v) is 5.06. The Labute approximate surface area is 236 Å². The highest BCUT2D eigenvalue weighted by molar-refractivity contribution is 7.92. The van der Waals surface area contributed by atoms with Gasteiger partial charge in [0, 0.05) is 24.5 Å². The third kappa shape index (κ3) is 9.11. The van der Waals surface area contributed by atoms with Crippen molar-refractivity contribution in [1.82, 2.24) is 10.2 Å². The summed E-state index contributed by atoms with van der Waals surface area (Å²) in [5.74, 6) is -0.555. The Morgan fingerprint density at radius 2 is 1.51 bits per heavy atom. The monoisotopic (exact) mass is 569 g/mol. The number of amides is 2. The van der Waals surface area contributed by atoms with E-state index in [0.717, 1.165) is 27.3 Å². The predicted octanol–water partition coefficient (Wildman–Crippen LogP) is 4.83. The van der Waals surface area contributed by atoms with Crippen molar-refractivity contribution in [3.05, 3.63) is 101 Å². The summed E-state index contributed by atoms with van der Waals surface area (Å²) in [4.78, 5) is 29.1. The van der Waals surface area contributed by atoms with Gasteiger partial charge in [0.05, 0.1) is 11.9 Å². The number of anilines is 1. The zero-order valence-electron chi connectivity index (χ0n) is 22.8. The highest BCUT2D eigenvalue weighted by atomic mass is 35.5. The van der Waals surface area contributed by atoms with Crippen molar-refractivity contribution >= 4 is 39.1 Å². The Morgan fingerprint density at radius 3 is 2.08 bits per heavy atom. The number of carbonyl (C=O) groups is 2. The van der Waals surface area contributed by atoms with Crippen LogP contribution in [0.3, 0.4) is 0 Å². The second-order valence-electron chi connectivity index (χ2n) is 10.1. The zero-order valence-corrected chi connectivity index (χ0v) is 24.4. The molecule has 3 aromatic rings. The summed E-state index contributed by atoms with van der Waals surface area (Å²) in [6.07, 6.45) is 1.33. The third-order valence-corrected chi connectivity index (χ3v) is 7.62. The molecule has 208 valence electrons. The van der Waals surface area contributed by atoms with Crippen LogP contribution in [0.1, 0.15) is 30.5 Å². The van der Waals surface area contributed by atoms with E-state index in [1.165, 1.54) is 4.90 Å². The molecule has 0 heterocycles. The standard InChI is InChI=1S/C30H36ClN3O4S/c1-22(2)19-32-30(36)28(18-24-8-6-5-7-9-24)33(20-25-12-10-23(3)11-13-25)29(35)21-34(39(4,37)38)27-16-14-26(31)15-17-27/h5-17,22,28H,18-21H2,1-4H3,(H,32,36). The fraction of sp³-hybridized carbons (Fsp3) is 0.333. The maximum absolute atomic E-state index is 14.0. The average Bonchev–Trinajstić information content (AvgIpc) is 2.89. The summed E-state index contributed by atoms with van der Waals surface area (Å²) in [6, 6.07) is 22.6. The van der Waals surface area contributed by atoms with E-state index < -0.39 is 28.5 Å². The van der Waals surface area contributed by atoms with Crippen LogP contribution in [0.25, 0.3) is 0 Å². The van der Waals surface area contributed by atoms with E-state index in [1.807, 2.05) is 75.4 Å². The first-order valence-corrected chi connectivity index (χ1v) is 15.1. The number of halogens is 1. The lowest BCUT2D eigenvalue weighted by Crippen LogP contribution is -2.53. The number of aryl methyl sites for hydroxylation is 1. The maximum Gasteiger partial charge on any atom is 0.244 e. The molecular weight excluding hydrogens is 534 g/mol. The topological polar surface area (TPSA) is 86.8 Å². The molecular formula is C30H36ClN3O4S. The molecule has 0 radical (unpaired) electrons. The minimum absolute atomic E-state index is 0.143. The summed E-state index contributed by atoms with van der Waals surface area (Å²) < 4.78 is 26.6. The Bertz CT molecular complexity index is 1350. The quantitative estimate of drug-likeness (QED) is 0.338. The molecule has 0 saturated heterocycles. The molecule has 0 fully saturated rings. The number of sulfonamides is 1. The van der Waals surface area contributed by atoms with Crippen molar-refractivity contribution in [1.29, 1.82) is 0 Å². The molecule has 0 saturated carbocycles. The lowest BCUT2D eigenvalue weighted by molar-refractivity contribution is -0.140. The van der Waals surface area contributed by atoms with E-state index in [-0.39, 0.29) is 24.8 Å². The molecule has 1 atom stereocenters. The van der Waals surface area contributed by atoms with Crippen LogP contribution in [0.5, 0.6) is 0 Å². The largest absolute Gasteiger partial charge is 0.354 e. The molecule has 1 N–H and O–H groups in total. The molecule has 0 aliphatic carbocycles. The number of carbonyl (C=O) groups excluding carboxylic acids is 2. The van der Waals surface area contributed by atoms with Gasteiger partial charge in [0.15, 0.2) is 0 Å². The van der Waals surface area contributed by atoms with Crippen LogP contribution in [0.4, 0.5) is 5.69 Å². The van der Waals surface area contributed by atoms with E-state index >= 15 is 0 Å². The zero-order chi connectivity index (χ0) is 28.6. The molecule has 0 aliphatic rings. The van der Waals surface area contributed by atoms with Crippen molar-refractivity contribution in [2.75, 3.05) is 23.7 Å². The first-order valence-electron chi connectivity index (χ1n) is 12.8. The minimum atomic E-state index is -3.82. The van der Waals surface area contributed by atoms with Gasteiger partial charge in [-0.25, -0.2) is 8.42 Å². The van der Waals surface area contributed by atoms with Crippen LogP contribution in [-0.4, -0.2) is 50.5 Å². The van der Waals surface area contributed by atoms with Crippen molar-refractivity contribution in [3.63, 3.8) is 0 Å². The molecule has 0 bridgehead atoms. The van der Waals surface area contributed by atoms with Gasteiger partial charge in [0.1, 0.15) is 12.6 Å². The lowest BCUT2D eigenvalue weighted by atomic mass is 10.0. The van der Waals surface area contributed by atoms with Gasteiger partial charge in [0.25, 0.3) is 0 Å². The number of hydrogen-bond acceptors (Lipinski definition) is 4. The Balaban J connectivity index is 2.03. The second-order valence-corrected chi connectivity index (χ2v) is 12.4. The summed E-state index contributed by atoms with van der Waals surface area (Å²) in [6.45, 7) is 6.10. The minimum Gasteiger partial charge on any atom is -0.354 e. The molecule has 39 heavy (non-hydrogen) atoms. The number of hydrogen-bond donors (Lipinski definition) is 1. The normalized spacial score (nSPS) is 12.2. The van der Waals surface area contributed by atoms with Crippen molar-refractivity contribution in [3.8, 4) is 0 Å². The molecule has 0 aliphatic heterocycles. The van der Waals surface area contributed by atoms with Crippen LogP contribution in [0.15, 0.2) is 78.9 Å². The van der Waals surface area contributed by atoms with Crippen LogP contribution in [0.2, 0.25) is 5.02 Å². The Morgan fingerprint density at radius 1 is 0.897 bits per heavy atom. The molecule has 0 spiro atoms. The van der Waals surface area contributed by atoms with Crippen LogP contribution < -0.4 is 9.62 Å². The molecule has 7 nitrogen and oxygen atoms in total. The van der Waals surface area contributed by atoms with Gasteiger partial charge in [0.2, 0.25) is 21.8 Å². The molecule has 0 aromatic heterocycles. The third-order valence-electron chi connectivity index (χ3n) is 6.22. The van der Waals surface area contributed by atoms with Crippen LogP contribution in [0, 0.1) is 12.8 Å². The van der Waals surface area contributed by atoms with Gasteiger partial charge in [-0.1, -0.05) is 85.6 Å². The number of benzene rings is 3. The number of rotatable bonds is 12. The van der Waals surface area contributed by atoms with Gasteiger partial charge in [-0.3, -0.25) is 13.9 Å². The average molecular weight is 570 g/mol. The molecule has 3 rings (SSSR count). The van der Waals surface area contributed by atoms with Gasteiger partial charge in [-0.2, -0.15) is 0 Å². The molecule has 3 aromatic carbocycles. The van der Waals surface area contributed by atoms with Gasteiger partial charge in [-0.05, 0) is 48.2 Å². The van der Waals surface area contributed by atoms with Gasteiger partial charge < -0.3 is 10.2 Å². The Kier molecular flexibility index (Phi) is 10.5. The summed E-state index contributed by atoms with van der Waals surface area (Å²) >= 11 is 6.01. The van der Waals surface area contributed by atoms with E-state index in [2.05, 4.69) is 5.32 Å². The summed E-state index contributed by atoms with van der Waals surface area (Å²) in [5.41, 5.74) is 3.11. The summed E-state index contributed by atoms with van der Waals surface area (Å²) in [5, 5.41) is 3.42. The number of nitrogens with zero attached hydrogens (tertiary/aromatic N) is 2. The van der Waals surface area contributed by atoms with E-state index in [0.29, 0.717) is 17.3 Å². The van der Waals surface area contributed by atoms with Crippen molar-refractivity contribution in [2.24, 2.45) is 5.92 Å². The number of nitrogens with one attached hydrogen (secondary N) is 1. The van der Waals surface area contributed by atoms with Gasteiger partial charge in [-0.15, -0.1) is 0 Å². The van der Waals surface area contributed by atoms with E-state index in [1.54, 1.807) is 24.3 Å². The predicted molar refractivity (Wildman–Crippen MR) is 157 cm³/mol. The van der Waals surface area contributed by atoms with Crippen LogP contribution >= 0.6 is 11.6 Å². The first kappa shape index (κ1) is 30.2. The van der Waals surface area contributed by atoms with Crippen LogP contribution in [-0.2, 0) is 32.6 Å². The molecule has 2 amide bonds. The summed E-state index contributed by atoms with van der Waals surface area (Å²) in [7, 11) is -3.82. The van der Waals surface area contributed by atoms with E-state index in [4.69, 9.17) is 11.6 Å².